The highest BCUT2D eigenvalue weighted by Gasteiger charge is 2.39. The maximum Gasteiger partial charge on any atom is 0.326 e. The first-order valence-corrected chi connectivity index (χ1v) is 17.2. The second-order valence-electron chi connectivity index (χ2n) is 12.9. The lowest BCUT2D eigenvalue weighted by molar-refractivity contribution is -0.143. The van der Waals surface area contributed by atoms with Gasteiger partial charge in [0.1, 0.15) is 41.8 Å². The van der Waals surface area contributed by atoms with E-state index in [4.69, 9.17) is 5.73 Å². The van der Waals surface area contributed by atoms with Crippen LogP contribution in [0.15, 0.2) is 48.5 Å². The third-order valence-corrected chi connectivity index (χ3v) is 8.88. The van der Waals surface area contributed by atoms with Crippen molar-refractivity contribution in [2.24, 2.45) is 5.73 Å². The Morgan fingerprint density at radius 3 is 1.94 bits per heavy atom. The summed E-state index contributed by atoms with van der Waals surface area (Å²) in [6.45, 7) is 3.78. The average molecular weight is 698 g/mol. The van der Waals surface area contributed by atoms with Crippen molar-refractivity contribution in [3.05, 3.63) is 59.7 Å². The molecule has 3 rings (SSSR count). The van der Waals surface area contributed by atoms with Gasteiger partial charge < -0.3 is 47.0 Å². The Balaban J connectivity index is 1.68. The molecule has 0 bridgehead atoms. The number of hydrogen-bond acceptors (Lipinski definition) is 9. The van der Waals surface area contributed by atoms with E-state index in [2.05, 4.69) is 22.9 Å². The fraction of sp³-hybridized carbons (Fsp3) is 0.528. The fourth-order valence-corrected chi connectivity index (χ4v) is 5.93. The van der Waals surface area contributed by atoms with E-state index >= 15 is 0 Å². The van der Waals surface area contributed by atoms with Crippen molar-refractivity contribution < 1.29 is 44.4 Å². The number of nitrogens with zero attached hydrogens (tertiary/aromatic N) is 1. The molecule has 2 aromatic rings. The molecule has 1 aliphatic heterocycles. The number of carboxylic acids is 1. The number of aliphatic hydroxyl groups excluding tert-OH is 1. The fourth-order valence-electron chi connectivity index (χ4n) is 5.93. The summed E-state index contributed by atoms with van der Waals surface area (Å²) in [5.41, 5.74) is 7.17. The van der Waals surface area contributed by atoms with Crippen LogP contribution in [0.4, 0.5) is 0 Å². The Labute approximate surface area is 292 Å². The smallest absolute Gasteiger partial charge is 0.326 e. The maximum absolute atomic E-state index is 13.7. The number of rotatable bonds is 19. The molecule has 0 saturated carbocycles. The first-order chi connectivity index (χ1) is 23.8. The monoisotopic (exact) mass is 697 g/mol. The lowest BCUT2D eigenvalue weighted by atomic mass is 10.0. The van der Waals surface area contributed by atoms with Crippen LogP contribution in [0.25, 0.3) is 0 Å². The predicted molar refractivity (Wildman–Crippen MR) is 185 cm³/mol. The van der Waals surface area contributed by atoms with Gasteiger partial charge in [-0.1, -0.05) is 63.3 Å². The second kappa shape index (κ2) is 19.5. The lowest BCUT2D eigenvalue weighted by Gasteiger charge is -2.29. The van der Waals surface area contributed by atoms with Gasteiger partial charge in [0.05, 0.1) is 0 Å². The van der Waals surface area contributed by atoms with Crippen molar-refractivity contribution in [2.75, 3.05) is 6.54 Å². The van der Waals surface area contributed by atoms with Gasteiger partial charge in [-0.15, -0.1) is 0 Å². The van der Waals surface area contributed by atoms with Gasteiger partial charge in [-0.25, -0.2) is 4.79 Å². The van der Waals surface area contributed by atoms with Crippen LogP contribution in [-0.2, 0) is 36.8 Å². The molecule has 1 saturated heterocycles. The van der Waals surface area contributed by atoms with Crippen molar-refractivity contribution in [3.63, 3.8) is 0 Å². The molecule has 0 aromatic heterocycles. The molecule has 1 heterocycles. The number of benzene rings is 2. The van der Waals surface area contributed by atoms with Crippen molar-refractivity contribution in [1.82, 2.24) is 20.9 Å². The molecular formula is C36H51N5O9. The molecule has 9 N–H and O–H groups in total. The number of nitrogens with one attached hydrogen (secondary N) is 3. The van der Waals surface area contributed by atoms with Crippen LogP contribution in [0, 0.1) is 0 Å². The zero-order valence-corrected chi connectivity index (χ0v) is 28.7. The van der Waals surface area contributed by atoms with Crippen molar-refractivity contribution >= 4 is 29.6 Å². The quantitative estimate of drug-likeness (QED) is 0.0986. The van der Waals surface area contributed by atoms with E-state index in [1.54, 1.807) is 12.1 Å². The number of likely N-dealkylation sites (tertiary alicyclic amines) is 1. The largest absolute Gasteiger partial charge is 0.508 e. The molecule has 2 aromatic carbocycles. The van der Waals surface area contributed by atoms with Crippen LogP contribution in [-0.4, -0.2) is 97.8 Å². The summed E-state index contributed by atoms with van der Waals surface area (Å²) in [4.78, 5) is 66.8. The topological polar surface area (TPSA) is 232 Å². The number of amides is 4. The summed E-state index contributed by atoms with van der Waals surface area (Å²) in [6.07, 6.45) is 4.55. The molecular weight excluding hydrogens is 646 g/mol. The average Bonchev–Trinajstić information content (AvgIpc) is 3.58. The molecule has 6 atom stereocenters. The van der Waals surface area contributed by atoms with Crippen LogP contribution in [0.5, 0.6) is 11.5 Å². The zero-order chi connectivity index (χ0) is 36.8. The van der Waals surface area contributed by atoms with Crippen LogP contribution in [0.1, 0.15) is 76.3 Å². The highest BCUT2D eigenvalue weighted by Crippen LogP contribution is 2.20. The van der Waals surface area contributed by atoms with Gasteiger partial charge in [0, 0.05) is 25.4 Å². The van der Waals surface area contributed by atoms with Crippen molar-refractivity contribution in [3.8, 4) is 11.5 Å². The predicted octanol–water partition coefficient (Wildman–Crippen LogP) is 1.48. The highest BCUT2D eigenvalue weighted by molar-refractivity contribution is 5.95. The zero-order valence-electron chi connectivity index (χ0n) is 28.7. The Kier molecular flexibility index (Phi) is 15.5. The second-order valence-corrected chi connectivity index (χ2v) is 12.9. The summed E-state index contributed by atoms with van der Waals surface area (Å²) in [6, 6.07) is 6.40. The van der Waals surface area contributed by atoms with Gasteiger partial charge in [-0.2, -0.15) is 0 Å². The lowest BCUT2D eigenvalue weighted by Crippen LogP contribution is -2.58. The third kappa shape index (κ3) is 12.0. The number of phenols is 2. The summed E-state index contributed by atoms with van der Waals surface area (Å²) >= 11 is 0. The summed E-state index contributed by atoms with van der Waals surface area (Å²) in [5.74, 6) is -4.04. The number of aliphatic carboxylic acids is 1. The molecule has 0 spiro atoms. The van der Waals surface area contributed by atoms with Gasteiger partial charge in [-0.3, -0.25) is 19.2 Å². The maximum atomic E-state index is 13.7. The number of phenolic OH excluding ortho intramolecular Hbond substituents is 2. The van der Waals surface area contributed by atoms with Crippen LogP contribution >= 0.6 is 0 Å². The molecule has 14 heteroatoms. The first-order valence-electron chi connectivity index (χ1n) is 17.2. The number of aliphatic hydroxyl groups is 1. The van der Waals surface area contributed by atoms with Gasteiger partial charge in [0.15, 0.2) is 0 Å². The Bertz CT molecular complexity index is 1440. The highest BCUT2D eigenvalue weighted by atomic mass is 16.4. The molecule has 4 amide bonds. The molecule has 50 heavy (non-hydrogen) atoms. The van der Waals surface area contributed by atoms with E-state index in [1.165, 1.54) is 48.2 Å². The minimum atomic E-state index is -1.50. The normalized spacial score (nSPS) is 17.2. The Morgan fingerprint density at radius 1 is 0.820 bits per heavy atom. The van der Waals surface area contributed by atoms with E-state index in [0.717, 1.165) is 32.1 Å². The SMILES string of the molecule is CCCCCCCC(N)C(O)C(=O)N[C@@H](C)C(=O)N1CCC[C@H]1C(=O)N[C@@H](Cc1ccc(O)cc1)C(=O)N[C@@H](Cc1ccc(O)cc1)C(=O)O. The summed E-state index contributed by atoms with van der Waals surface area (Å²) in [5, 5.41) is 47.3. The van der Waals surface area contributed by atoms with E-state index in [1.807, 2.05) is 0 Å². The molecule has 1 fully saturated rings. The minimum Gasteiger partial charge on any atom is -0.508 e. The minimum absolute atomic E-state index is 0.00263. The number of carboxylic acid groups (broad SMARTS) is 1. The molecule has 274 valence electrons. The van der Waals surface area contributed by atoms with E-state index < -0.39 is 65.9 Å². The Morgan fingerprint density at radius 2 is 1.38 bits per heavy atom. The summed E-state index contributed by atoms with van der Waals surface area (Å²) < 4.78 is 0. The van der Waals surface area contributed by atoms with Crippen molar-refractivity contribution in [2.45, 2.75) is 114 Å². The molecule has 1 aliphatic rings. The van der Waals surface area contributed by atoms with Gasteiger partial charge >= 0.3 is 5.97 Å². The van der Waals surface area contributed by atoms with Gasteiger partial charge in [0.2, 0.25) is 17.7 Å². The van der Waals surface area contributed by atoms with Gasteiger partial charge in [0.25, 0.3) is 5.91 Å². The molecule has 2 unspecified atom stereocenters. The number of aromatic hydroxyl groups is 2. The van der Waals surface area contributed by atoms with Crippen LogP contribution in [0.3, 0.4) is 0 Å². The van der Waals surface area contributed by atoms with Crippen LogP contribution < -0.4 is 21.7 Å². The Hall–Kier alpha value is -4.69. The standard InChI is InChI=1S/C36H51N5O9/c1-3-4-5-6-7-9-27(37)31(44)34(47)38-22(2)35(48)41-19-8-10-30(41)33(46)39-28(20-23-11-15-25(42)16-12-23)32(45)40-29(36(49)50)21-24-13-17-26(43)18-14-24/h11-18,22,27-31,42-44H,3-10,19-21,37H2,1-2H3,(H,38,47)(H,39,46)(H,40,45)(H,49,50)/t22-,27?,28-,29-,30-,31?/m0/s1. The van der Waals surface area contributed by atoms with E-state index in [9.17, 15) is 44.4 Å². The number of nitrogens with two attached hydrogens (primary N) is 1. The number of unbranched alkanes of at least 4 members (excludes halogenated alkanes) is 4. The van der Waals surface area contributed by atoms with Crippen LogP contribution in [0.2, 0.25) is 0 Å². The van der Waals surface area contributed by atoms with E-state index in [-0.39, 0.29) is 37.3 Å². The van der Waals surface area contributed by atoms with Gasteiger partial charge in [-0.05, 0) is 61.6 Å². The molecule has 0 radical (unpaired) electrons. The summed E-state index contributed by atoms with van der Waals surface area (Å²) in [7, 11) is 0. The number of carbonyl (C=O) groups excluding carboxylic acids is 4. The first kappa shape index (κ1) is 39.7. The molecule has 0 aliphatic carbocycles. The number of hydrogen-bond donors (Lipinski definition) is 8. The van der Waals surface area contributed by atoms with E-state index in [0.29, 0.717) is 24.0 Å². The third-order valence-electron chi connectivity index (χ3n) is 8.88. The van der Waals surface area contributed by atoms with Crippen molar-refractivity contribution in [1.29, 1.82) is 0 Å². The number of carbonyl (C=O) groups is 5. The molecule has 14 nitrogen and oxygen atoms in total.